The van der Waals surface area contributed by atoms with Crippen molar-refractivity contribution < 1.29 is 4.79 Å². The second kappa shape index (κ2) is 7.28. The third-order valence-corrected chi connectivity index (χ3v) is 2.05. The molecule has 4 heteroatoms. The van der Waals surface area contributed by atoms with Gasteiger partial charge in [-0.05, 0) is 12.8 Å². The Bertz CT molecular complexity index is 159. The monoisotopic (exact) mass is 234 g/mol. The van der Waals surface area contributed by atoms with Crippen molar-refractivity contribution in [2.45, 2.75) is 38.1 Å². The lowest BCUT2D eigenvalue weighted by Gasteiger charge is -2.07. The van der Waals surface area contributed by atoms with Crippen LogP contribution >= 0.6 is 15.9 Å². The van der Waals surface area contributed by atoms with Gasteiger partial charge in [0.2, 0.25) is 0 Å². The van der Waals surface area contributed by atoms with Gasteiger partial charge in [-0.1, -0.05) is 36.2 Å². The van der Waals surface area contributed by atoms with Crippen LogP contribution in [0.2, 0.25) is 0 Å². The third kappa shape index (κ3) is 5.29. The number of halogens is 1. The van der Waals surface area contributed by atoms with Crippen molar-refractivity contribution >= 4 is 27.9 Å². The van der Waals surface area contributed by atoms with E-state index in [-0.39, 0.29) is 4.95 Å². The number of hydrogen-bond acceptors (Lipinski definition) is 3. The topological polar surface area (TPSA) is 41.5 Å². The summed E-state index contributed by atoms with van der Waals surface area (Å²) in [7, 11) is 0. The zero-order valence-electron chi connectivity index (χ0n) is 7.51. The van der Waals surface area contributed by atoms with E-state index in [0.717, 1.165) is 19.1 Å². The number of hydrogen-bond donors (Lipinski definition) is 1. The molecule has 0 heterocycles. The molecule has 0 aromatic rings. The fraction of sp³-hybridized carbons (Fsp3) is 0.750. The molecule has 0 spiro atoms. The maximum Gasteiger partial charge on any atom is 0.166 e. The Morgan fingerprint density at radius 3 is 2.75 bits per heavy atom. The van der Waals surface area contributed by atoms with E-state index in [4.69, 9.17) is 0 Å². The minimum absolute atomic E-state index is 0.170. The number of hydrazone groups is 1. The lowest BCUT2D eigenvalue weighted by Crippen LogP contribution is -2.19. The van der Waals surface area contributed by atoms with Gasteiger partial charge in [-0.15, -0.1) is 0 Å². The molecule has 0 aromatic carbocycles. The van der Waals surface area contributed by atoms with Crippen LogP contribution in [0, 0.1) is 0 Å². The Morgan fingerprint density at radius 2 is 2.33 bits per heavy atom. The van der Waals surface area contributed by atoms with E-state index >= 15 is 0 Å². The van der Waals surface area contributed by atoms with E-state index in [1.54, 1.807) is 0 Å². The smallest absolute Gasteiger partial charge is 0.166 e. The summed E-state index contributed by atoms with van der Waals surface area (Å²) in [5.41, 5.74) is 3.41. The second-order valence-electron chi connectivity index (χ2n) is 2.46. The molecular formula is C8H15BrN2O. The van der Waals surface area contributed by atoms with E-state index in [1.165, 1.54) is 0 Å². The number of aldehydes is 1. The minimum Gasteiger partial charge on any atom is -0.296 e. The van der Waals surface area contributed by atoms with Crippen LogP contribution in [0.3, 0.4) is 0 Å². The van der Waals surface area contributed by atoms with Crippen molar-refractivity contribution in [3.63, 3.8) is 0 Å². The molecule has 1 N–H and O–H groups in total. The van der Waals surface area contributed by atoms with E-state index in [2.05, 4.69) is 33.4 Å². The quantitative estimate of drug-likeness (QED) is 0.252. The first-order valence-corrected chi connectivity index (χ1v) is 5.07. The maximum atomic E-state index is 10.3. The third-order valence-electron chi connectivity index (χ3n) is 1.39. The van der Waals surface area contributed by atoms with Crippen molar-refractivity contribution in [3.8, 4) is 0 Å². The lowest BCUT2D eigenvalue weighted by molar-refractivity contribution is -0.102. The lowest BCUT2D eigenvalue weighted by atomic mass is 10.3. The van der Waals surface area contributed by atoms with Crippen LogP contribution in [-0.2, 0) is 4.79 Å². The molecule has 1 atom stereocenters. The van der Waals surface area contributed by atoms with Gasteiger partial charge >= 0.3 is 0 Å². The standard InChI is InChI=1S/C8H15BrN2O/c1-3-5-8(9)11-10-7(4-2)6-12/h6,8,11H,3-5H2,1-2H3/b10-7+. The van der Waals surface area contributed by atoms with Gasteiger partial charge in [0.05, 0.1) is 10.7 Å². The molecule has 0 fully saturated rings. The first-order valence-electron chi connectivity index (χ1n) is 4.15. The molecule has 70 valence electrons. The van der Waals surface area contributed by atoms with E-state index in [9.17, 15) is 4.79 Å². The summed E-state index contributed by atoms with van der Waals surface area (Å²) in [5, 5.41) is 3.93. The molecule has 1 unspecified atom stereocenters. The minimum atomic E-state index is 0.170. The van der Waals surface area contributed by atoms with Crippen molar-refractivity contribution in [2.75, 3.05) is 0 Å². The first kappa shape index (κ1) is 11.6. The normalized spacial score (nSPS) is 14.1. The highest BCUT2D eigenvalue weighted by molar-refractivity contribution is 9.09. The summed E-state index contributed by atoms with van der Waals surface area (Å²) in [6.07, 6.45) is 3.53. The Hall–Kier alpha value is -0.380. The predicted octanol–water partition coefficient (Wildman–Crippen LogP) is 2.06. The van der Waals surface area contributed by atoms with Gasteiger partial charge in [-0.2, -0.15) is 5.10 Å². The highest BCUT2D eigenvalue weighted by atomic mass is 79.9. The fourth-order valence-corrected chi connectivity index (χ4v) is 1.22. The van der Waals surface area contributed by atoms with Crippen LogP contribution < -0.4 is 5.43 Å². The van der Waals surface area contributed by atoms with Gasteiger partial charge in [-0.3, -0.25) is 10.2 Å². The largest absolute Gasteiger partial charge is 0.296 e. The highest BCUT2D eigenvalue weighted by Crippen LogP contribution is 2.03. The highest BCUT2D eigenvalue weighted by Gasteiger charge is 1.99. The second-order valence-corrected chi connectivity index (χ2v) is 3.57. The van der Waals surface area contributed by atoms with Crippen LogP contribution in [0.15, 0.2) is 5.10 Å². The Kier molecular flexibility index (Phi) is 7.05. The van der Waals surface area contributed by atoms with E-state index < -0.39 is 0 Å². The summed E-state index contributed by atoms with van der Waals surface area (Å²) < 4.78 is 0. The maximum absolute atomic E-state index is 10.3. The van der Waals surface area contributed by atoms with Crippen LogP contribution in [-0.4, -0.2) is 16.9 Å². The number of carbonyl (C=O) groups is 1. The predicted molar refractivity (Wildman–Crippen MR) is 54.5 cm³/mol. The summed E-state index contributed by atoms with van der Waals surface area (Å²) in [5.74, 6) is 0. The van der Waals surface area contributed by atoms with E-state index in [0.29, 0.717) is 12.1 Å². The van der Waals surface area contributed by atoms with Crippen molar-refractivity contribution in [1.29, 1.82) is 0 Å². The van der Waals surface area contributed by atoms with Crippen molar-refractivity contribution in [2.24, 2.45) is 5.10 Å². The average molecular weight is 235 g/mol. The van der Waals surface area contributed by atoms with Gasteiger partial charge in [0.1, 0.15) is 0 Å². The molecule has 0 saturated heterocycles. The Labute approximate surface area is 81.7 Å². The van der Waals surface area contributed by atoms with Gasteiger partial charge in [-0.25, -0.2) is 0 Å². The summed E-state index contributed by atoms with van der Waals surface area (Å²) >= 11 is 3.39. The van der Waals surface area contributed by atoms with Gasteiger partial charge in [0.15, 0.2) is 6.29 Å². The van der Waals surface area contributed by atoms with Crippen LogP contribution in [0.1, 0.15) is 33.1 Å². The first-order chi connectivity index (χ1) is 5.74. The summed E-state index contributed by atoms with van der Waals surface area (Å²) in [4.78, 5) is 10.5. The number of alkyl halides is 1. The zero-order chi connectivity index (χ0) is 9.40. The average Bonchev–Trinajstić information content (AvgIpc) is 2.07. The fourth-order valence-electron chi connectivity index (χ4n) is 0.660. The molecule has 0 radical (unpaired) electrons. The molecule has 0 aliphatic heterocycles. The SMILES string of the molecule is CCCC(Br)N/N=C(/C=O)CC. The van der Waals surface area contributed by atoms with Crippen LogP contribution in [0.5, 0.6) is 0 Å². The van der Waals surface area contributed by atoms with Gasteiger partial charge in [0.25, 0.3) is 0 Å². The molecule has 3 nitrogen and oxygen atoms in total. The molecule has 0 rings (SSSR count). The van der Waals surface area contributed by atoms with Gasteiger partial charge in [0, 0.05) is 0 Å². The number of carbonyl (C=O) groups excluding carboxylic acids is 1. The Morgan fingerprint density at radius 1 is 1.67 bits per heavy atom. The molecule has 0 saturated carbocycles. The molecule has 0 amide bonds. The zero-order valence-corrected chi connectivity index (χ0v) is 9.10. The molecular weight excluding hydrogens is 220 g/mol. The number of rotatable bonds is 6. The van der Waals surface area contributed by atoms with Gasteiger partial charge < -0.3 is 0 Å². The summed E-state index contributed by atoms with van der Waals surface area (Å²) in [6.45, 7) is 4.00. The molecule has 0 aliphatic rings. The van der Waals surface area contributed by atoms with Crippen LogP contribution in [0.4, 0.5) is 0 Å². The summed E-state index contributed by atoms with van der Waals surface area (Å²) in [6, 6.07) is 0. The molecule has 0 bridgehead atoms. The van der Waals surface area contributed by atoms with Crippen LogP contribution in [0.25, 0.3) is 0 Å². The van der Waals surface area contributed by atoms with E-state index in [1.807, 2.05) is 6.92 Å². The van der Waals surface area contributed by atoms with Crippen molar-refractivity contribution in [3.05, 3.63) is 0 Å². The molecule has 0 aromatic heterocycles. The van der Waals surface area contributed by atoms with Crippen molar-refractivity contribution in [1.82, 2.24) is 5.43 Å². The molecule has 0 aliphatic carbocycles. The molecule has 12 heavy (non-hydrogen) atoms. The Balaban J connectivity index is 3.75. The number of nitrogens with zero attached hydrogens (tertiary/aromatic N) is 1. The number of nitrogens with one attached hydrogen (secondary N) is 1.